The molecular weight excluding hydrogens is 154 g/mol. The van der Waals surface area contributed by atoms with E-state index >= 15 is 0 Å². The Kier molecular flexibility index (Phi) is 1.49. The summed E-state index contributed by atoms with van der Waals surface area (Å²) < 4.78 is 5.43. The van der Waals surface area contributed by atoms with Gasteiger partial charge in [-0.3, -0.25) is 5.10 Å². The molecule has 4 nitrogen and oxygen atoms in total. The van der Waals surface area contributed by atoms with Gasteiger partial charge in [-0.15, -0.1) is 5.10 Å². The Morgan fingerprint density at radius 3 is 3.00 bits per heavy atom. The molecule has 1 aromatic heterocycles. The maximum atomic E-state index is 5.44. The molecule has 0 saturated heterocycles. The molecule has 0 bridgehead atoms. The van der Waals surface area contributed by atoms with Gasteiger partial charge in [-0.25, -0.2) is 0 Å². The highest BCUT2D eigenvalue weighted by Crippen LogP contribution is 2.44. The lowest BCUT2D eigenvalue weighted by Crippen LogP contribution is -2.08. The summed E-state index contributed by atoms with van der Waals surface area (Å²) in [6.45, 7) is 2.96. The van der Waals surface area contributed by atoms with Crippen LogP contribution in [-0.4, -0.2) is 16.8 Å². The molecule has 66 valence electrons. The molecule has 0 aromatic carbocycles. The molecule has 3 N–H and O–H groups in total. The van der Waals surface area contributed by atoms with Gasteiger partial charge in [0.05, 0.1) is 6.61 Å². The Morgan fingerprint density at radius 2 is 2.50 bits per heavy atom. The first kappa shape index (κ1) is 7.46. The molecule has 0 aliphatic heterocycles. The predicted octanol–water partition coefficient (Wildman–Crippen LogP) is 1.17. The number of aromatic nitrogens is 2. The molecule has 12 heavy (non-hydrogen) atoms. The van der Waals surface area contributed by atoms with E-state index in [2.05, 4.69) is 17.1 Å². The number of nitrogens with one attached hydrogen (secondary N) is 1. The van der Waals surface area contributed by atoms with Crippen LogP contribution < -0.4 is 10.5 Å². The van der Waals surface area contributed by atoms with E-state index in [9.17, 15) is 0 Å². The van der Waals surface area contributed by atoms with Gasteiger partial charge in [0.25, 0.3) is 0 Å². The molecule has 1 aliphatic carbocycles. The van der Waals surface area contributed by atoms with Gasteiger partial charge in [0, 0.05) is 11.5 Å². The molecule has 1 saturated carbocycles. The maximum Gasteiger partial charge on any atom is 0.234 e. The monoisotopic (exact) mass is 167 g/mol. The van der Waals surface area contributed by atoms with Crippen molar-refractivity contribution in [1.82, 2.24) is 10.2 Å². The lowest BCUT2D eigenvalue weighted by Gasteiger charge is -2.07. The minimum atomic E-state index is 0.397. The van der Waals surface area contributed by atoms with Crippen LogP contribution in [0.25, 0.3) is 0 Å². The summed E-state index contributed by atoms with van der Waals surface area (Å²) >= 11 is 0. The van der Waals surface area contributed by atoms with Gasteiger partial charge >= 0.3 is 0 Å². The van der Waals surface area contributed by atoms with Crippen molar-refractivity contribution < 1.29 is 4.74 Å². The van der Waals surface area contributed by atoms with Crippen molar-refractivity contribution in [1.29, 1.82) is 0 Å². The van der Waals surface area contributed by atoms with Crippen LogP contribution in [0.3, 0.4) is 0 Å². The van der Waals surface area contributed by atoms with Crippen LogP contribution in [0.1, 0.15) is 19.8 Å². The van der Waals surface area contributed by atoms with Crippen LogP contribution in [0.5, 0.6) is 5.88 Å². The Hall–Kier alpha value is -1.19. The maximum absolute atomic E-state index is 5.44. The highest BCUT2D eigenvalue weighted by atomic mass is 16.5. The van der Waals surface area contributed by atoms with E-state index in [0.29, 0.717) is 17.1 Å². The number of aromatic amines is 1. The normalized spacial score (nSPS) is 19.1. The minimum Gasteiger partial charge on any atom is -0.476 e. The molecule has 2 rings (SSSR count). The van der Waals surface area contributed by atoms with Gasteiger partial charge in [0.15, 0.2) is 0 Å². The Labute approximate surface area is 71.1 Å². The third-order valence-corrected chi connectivity index (χ3v) is 2.25. The fourth-order valence-electron chi connectivity index (χ4n) is 0.997. The Bertz CT molecular complexity index is 278. The smallest absolute Gasteiger partial charge is 0.234 e. The first-order valence-electron chi connectivity index (χ1n) is 4.12. The van der Waals surface area contributed by atoms with Crippen molar-refractivity contribution in [2.75, 3.05) is 12.3 Å². The predicted molar refractivity (Wildman–Crippen MR) is 45.8 cm³/mol. The zero-order chi connectivity index (χ0) is 8.60. The number of anilines is 1. The summed E-state index contributed by atoms with van der Waals surface area (Å²) in [5.74, 6) is 1.14. The Morgan fingerprint density at radius 1 is 1.75 bits per heavy atom. The van der Waals surface area contributed by atoms with Crippen LogP contribution >= 0.6 is 0 Å². The number of nitrogen functional groups attached to an aromatic ring is 1. The number of hydrogen-bond acceptors (Lipinski definition) is 3. The van der Waals surface area contributed by atoms with Crippen molar-refractivity contribution in [2.24, 2.45) is 5.41 Å². The second-order valence-corrected chi connectivity index (χ2v) is 3.76. The number of ether oxygens (including phenoxy) is 1. The number of nitrogens with zero attached hydrogens (tertiary/aromatic N) is 1. The van der Waals surface area contributed by atoms with Crippen molar-refractivity contribution in [2.45, 2.75) is 19.8 Å². The summed E-state index contributed by atoms with van der Waals surface area (Å²) in [6.07, 6.45) is 2.51. The first-order chi connectivity index (χ1) is 5.68. The lowest BCUT2D eigenvalue weighted by atomic mass is 10.2. The van der Waals surface area contributed by atoms with Crippen molar-refractivity contribution >= 4 is 5.82 Å². The molecule has 0 spiro atoms. The molecule has 0 unspecified atom stereocenters. The molecule has 1 aliphatic rings. The van der Waals surface area contributed by atoms with Gasteiger partial charge in [-0.1, -0.05) is 6.92 Å². The van der Waals surface area contributed by atoms with Crippen LogP contribution in [-0.2, 0) is 0 Å². The van der Waals surface area contributed by atoms with Gasteiger partial charge in [0.1, 0.15) is 5.82 Å². The fourth-order valence-corrected chi connectivity index (χ4v) is 0.997. The molecular formula is C8H13N3O. The standard InChI is InChI=1S/C8H13N3O/c1-8(2-3-8)5-12-7-4-6(9)10-11-7/h4H,2-3,5H2,1H3,(H3,9,10,11). The molecule has 1 fully saturated rings. The molecule has 0 amide bonds. The van der Waals surface area contributed by atoms with Gasteiger partial charge in [-0.2, -0.15) is 0 Å². The number of H-pyrrole nitrogens is 1. The van der Waals surface area contributed by atoms with Crippen LogP contribution in [0.2, 0.25) is 0 Å². The van der Waals surface area contributed by atoms with E-state index in [-0.39, 0.29) is 0 Å². The summed E-state index contributed by atoms with van der Waals surface area (Å²) in [6, 6.07) is 1.70. The van der Waals surface area contributed by atoms with Crippen LogP contribution in [0, 0.1) is 5.41 Å². The summed E-state index contributed by atoms with van der Waals surface area (Å²) in [4.78, 5) is 0. The van der Waals surface area contributed by atoms with E-state index in [1.807, 2.05) is 0 Å². The second kappa shape index (κ2) is 2.40. The van der Waals surface area contributed by atoms with Gasteiger partial charge < -0.3 is 10.5 Å². The van der Waals surface area contributed by atoms with Crippen LogP contribution in [0.4, 0.5) is 5.82 Å². The zero-order valence-electron chi connectivity index (χ0n) is 7.13. The average Bonchev–Trinajstić information content (AvgIpc) is 2.60. The number of hydrogen-bond donors (Lipinski definition) is 2. The quantitative estimate of drug-likeness (QED) is 0.710. The van der Waals surface area contributed by atoms with Gasteiger partial charge in [-0.05, 0) is 12.8 Å². The van der Waals surface area contributed by atoms with E-state index in [1.165, 1.54) is 12.8 Å². The third-order valence-electron chi connectivity index (χ3n) is 2.25. The topological polar surface area (TPSA) is 63.9 Å². The number of nitrogens with two attached hydrogens (primary N) is 1. The van der Waals surface area contributed by atoms with Gasteiger partial charge in [0.2, 0.25) is 5.88 Å². The van der Waals surface area contributed by atoms with Crippen LogP contribution in [0.15, 0.2) is 6.07 Å². The second-order valence-electron chi connectivity index (χ2n) is 3.76. The average molecular weight is 167 g/mol. The summed E-state index contributed by atoms with van der Waals surface area (Å²) in [7, 11) is 0. The largest absolute Gasteiger partial charge is 0.476 e. The highest BCUT2D eigenvalue weighted by Gasteiger charge is 2.38. The summed E-state index contributed by atoms with van der Waals surface area (Å²) in [5, 5.41) is 6.50. The van der Waals surface area contributed by atoms with E-state index < -0.39 is 0 Å². The third kappa shape index (κ3) is 1.52. The molecule has 4 heteroatoms. The zero-order valence-corrected chi connectivity index (χ0v) is 7.13. The SMILES string of the molecule is CC1(COc2cc(N)[nH]n2)CC1. The molecule has 1 heterocycles. The van der Waals surface area contributed by atoms with E-state index in [4.69, 9.17) is 10.5 Å². The van der Waals surface area contributed by atoms with Crippen molar-refractivity contribution in [3.8, 4) is 5.88 Å². The first-order valence-corrected chi connectivity index (χ1v) is 4.12. The van der Waals surface area contributed by atoms with E-state index in [0.717, 1.165) is 6.61 Å². The number of rotatable bonds is 3. The van der Waals surface area contributed by atoms with Crippen molar-refractivity contribution in [3.05, 3.63) is 6.07 Å². The molecule has 0 radical (unpaired) electrons. The Balaban J connectivity index is 1.87. The van der Waals surface area contributed by atoms with E-state index in [1.54, 1.807) is 6.07 Å². The lowest BCUT2D eigenvalue weighted by molar-refractivity contribution is 0.238. The fraction of sp³-hybridized carbons (Fsp3) is 0.625. The molecule has 1 aromatic rings. The molecule has 0 atom stereocenters. The highest BCUT2D eigenvalue weighted by molar-refractivity contribution is 5.31. The van der Waals surface area contributed by atoms with Crippen molar-refractivity contribution in [3.63, 3.8) is 0 Å². The summed E-state index contributed by atoms with van der Waals surface area (Å²) in [5.41, 5.74) is 5.83. The minimum absolute atomic E-state index is 0.397.